The van der Waals surface area contributed by atoms with Gasteiger partial charge in [0.2, 0.25) is 0 Å². The van der Waals surface area contributed by atoms with Gasteiger partial charge in [-0.3, -0.25) is 9.89 Å². The first-order valence-electron chi connectivity index (χ1n) is 6.16. The van der Waals surface area contributed by atoms with Crippen molar-refractivity contribution in [2.75, 3.05) is 33.2 Å². The number of aromatic nitrogens is 2. The number of benzene rings is 1. The highest BCUT2D eigenvalue weighted by Crippen LogP contribution is 2.17. The van der Waals surface area contributed by atoms with Crippen LogP contribution in [-0.2, 0) is 0 Å². The van der Waals surface area contributed by atoms with Gasteiger partial charge in [0, 0.05) is 31.6 Å². The summed E-state index contributed by atoms with van der Waals surface area (Å²) >= 11 is 0. The number of rotatable bonds is 1. The second-order valence-corrected chi connectivity index (χ2v) is 4.71. The number of amides is 1. The molecule has 1 saturated heterocycles. The van der Waals surface area contributed by atoms with Crippen LogP contribution in [0.25, 0.3) is 10.9 Å². The maximum Gasteiger partial charge on any atom is 0.275 e. The van der Waals surface area contributed by atoms with Gasteiger partial charge in [-0.2, -0.15) is 5.10 Å². The normalized spacial score (nSPS) is 17.3. The van der Waals surface area contributed by atoms with E-state index in [2.05, 4.69) is 22.1 Å². The summed E-state index contributed by atoms with van der Waals surface area (Å²) in [4.78, 5) is 16.5. The fourth-order valence-corrected chi connectivity index (χ4v) is 2.29. The number of hydrogen-bond acceptors (Lipinski definition) is 3. The lowest BCUT2D eigenvalue weighted by Gasteiger charge is -2.31. The first-order valence-corrected chi connectivity index (χ1v) is 6.16. The molecule has 0 atom stereocenters. The second-order valence-electron chi connectivity index (χ2n) is 4.71. The molecule has 1 aromatic carbocycles. The molecule has 5 heteroatoms. The SMILES string of the molecule is CN1CCN(C(=O)c2n[nH]c3ccccc23)CC1. The number of para-hydroxylation sites is 1. The maximum atomic E-state index is 12.4. The third kappa shape index (κ3) is 1.86. The maximum absolute atomic E-state index is 12.4. The molecule has 2 aromatic rings. The van der Waals surface area contributed by atoms with Crippen molar-refractivity contribution in [3.8, 4) is 0 Å². The van der Waals surface area contributed by atoms with Crippen molar-refractivity contribution in [3.63, 3.8) is 0 Å². The summed E-state index contributed by atoms with van der Waals surface area (Å²) in [6.07, 6.45) is 0. The second kappa shape index (κ2) is 4.42. The molecular weight excluding hydrogens is 228 g/mol. The van der Waals surface area contributed by atoms with Gasteiger partial charge in [0.25, 0.3) is 5.91 Å². The van der Waals surface area contributed by atoms with Crippen LogP contribution >= 0.6 is 0 Å². The Balaban J connectivity index is 1.88. The lowest BCUT2D eigenvalue weighted by Crippen LogP contribution is -2.47. The van der Waals surface area contributed by atoms with Crippen LogP contribution in [-0.4, -0.2) is 59.1 Å². The molecule has 1 aliphatic rings. The number of carbonyl (C=O) groups excluding carboxylic acids is 1. The quantitative estimate of drug-likeness (QED) is 0.812. The van der Waals surface area contributed by atoms with Crippen molar-refractivity contribution in [1.29, 1.82) is 0 Å². The minimum atomic E-state index is 0.0283. The van der Waals surface area contributed by atoms with E-state index < -0.39 is 0 Å². The molecule has 1 fully saturated rings. The third-order valence-electron chi connectivity index (χ3n) is 3.46. The van der Waals surface area contributed by atoms with Gasteiger partial charge in [0.1, 0.15) is 0 Å². The van der Waals surface area contributed by atoms with E-state index in [-0.39, 0.29) is 5.91 Å². The standard InChI is InChI=1S/C13H16N4O/c1-16-6-8-17(9-7-16)13(18)12-10-4-2-3-5-11(10)14-15-12/h2-5H,6-9H2,1H3,(H,14,15). The first-order chi connectivity index (χ1) is 8.75. The molecule has 1 aliphatic heterocycles. The molecule has 0 saturated carbocycles. The van der Waals surface area contributed by atoms with E-state index in [1.54, 1.807) is 0 Å². The number of carbonyl (C=O) groups is 1. The summed E-state index contributed by atoms with van der Waals surface area (Å²) in [5, 5.41) is 7.97. The monoisotopic (exact) mass is 244 g/mol. The van der Waals surface area contributed by atoms with Crippen molar-refractivity contribution in [1.82, 2.24) is 20.0 Å². The molecule has 1 amide bonds. The molecule has 3 rings (SSSR count). The molecule has 0 unspecified atom stereocenters. The zero-order valence-corrected chi connectivity index (χ0v) is 10.4. The zero-order chi connectivity index (χ0) is 12.5. The van der Waals surface area contributed by atoms with Crippen LogP contribution in [0.3, 0.4) is 0 Å². The van der Waals surface area contributed by atoms with Crippen LogP contribution < -0.4 is 0 Å². The molecule has 1 N–H and O–H groups in total. The minimum Gasteiger partial charge on any atom is -0.335 e. The Hall–Kier alpha value is -1.88. The van der Waals surface area contributed by atoms with Gasteiger partial charge in [-0.25, -0.2) is 0 Å². The molecule has 0 aliphatic carbocycles. The summed E-state index contributed by atoms with van der Waals surface area (Å²) in [6, 6.07) is 7.73. The highest BCUT2D eigenvalue weighted by Gasteiger charge is 2.23. The smallest absolute Gasteiger partial charge is 0.275 e. The number of fused-ring (bicyclic) bond motifs is 1. The van der Waals surface area contributed by atoms with Crippen LogP contribution in [0.2, 0.25) is 0 Å². The van der Waals surface area contributed by atoms with E-state index in [0.29, 0.717) is 5.69 Å². The topological polar surface area (TPSA) is 52.2 Å². The molecule has 2 heterocycles. The molecule has 5 nitrogen and oxygen atoms in total. The summed E-state index contributed by atoms with van der Waals surface area (Å²) in [5.41, 5.74) is 1.45. The van der Waals surface area contributed by atoms with Crippen molar-refractivity contribution in [3.05, 3.63) is 30.0 Å². The summed E-state index contributed by atoms with van der Waals surface area (Å²) in [6.45, 7) is 3.40. The number of piperazine rings is 1. The molecule has 0 spiro atoms. The van der Waals surface area contributed by atoms with Crippen molar-refractivity contribution in [2.45, 2.75) is 0 Å². The van der Waals surface area contributed by atoms with Crippen LogP contribution in [0.4, 0.5) is 0 Å². The molecule has 0 radical (unpaired) electrons. The highest BCUT2D eigenvalue weighted by molar-refractivity contribution is 6.04. The van der Waals surface area contributed by atoms with Crippen molar-refractivity contribution < 1.29 is 4.79 Å². The van der Waals surface area contributed by atoms with Gasteiger partial charge in [-0.05, 0) is 13.1 Å². The van der Waals surface area contributed by atoms with Crippen LogP contribution in [0.15, 0.2) is 24.3 Å². The average Bonchev–Trinajstić information content (AvgIpc) is 2.82. The lowest BCUT2D eigenvalue weighted by molar-refractivity contribution is 0.0660. The predicted molar refractivity (Wildman–Crippen MR) is 69.5 cm³/mol. The molecular formula is C13H16N4O. The Morgan fingerprint density at radius 3 is 2.72 bits per heavy atom. The molecule has 0 bridgehead atoms. The number of H-pyrrole nitrogens is 1. The Labute approximate surface area is 105 Å². The predicted octanol–water partition coefficient (Wildman–Crippen LogP) is 0.950. The van der Waals surface area contributed by atoms with Crippen LogP contribution in [0, 0.1) is 0 Å². The number of nitrogens with zero attached hydrogens (tertiary/aromatic N) is 3. The van der Waals surface area contributed by atoms with E-state index in [1.165, 1.54) is 0 Å². The average molecular weight is 244 g/mol. The summed E-state index contributed by atoms with van der Waals surface area (Å²) < 4.78 is 0. The van der Waals surface area contributed by atoms with Gasteiger partial charge in [-0.1, -0.05) is 18.2 Å². The Bertz CT molecular complexity index is 569. The van der Waals surface area contributed by atoms with E-state index in [9.17, 15) is 4.79 Å². The van der Waals surface area contributed by atoms with E-state index in [0.717, 1.165) is 37.1 Å². The highest BCUT2D eigenvalue weighted by atomic mass is 16.2. The minimum absolute atomic E-state index is 0.0283. The van der Waals surface area contributed by atoms with Crippen molar-refractivity contribution in [2.24, 2.45) is 0 Å². The summed E-state index contributed by atoms with van der Waals surface area (Å²) in [7, 11) is 2.08. The van der Waals surface area contributed by atoms with Crippen LogP contribution in [0.1, 0.15) is 10.5 Å². The molecule has 18 heavy (non-hydrogen) atoms. The van der Waals surface area contributed by atoms with Crippen molar-refractivity contribution >= 4 is 16.8 Å². The fourth-order valence-electron chi connectivity index (χ4n) is 2.29. The van der Waals surface area contributed by atoms with Gasteiger partial charge in [-0.15, -0.1) is 0 Å². The van der Waals surface area contributed by atoms with Gasteiger partial charge < -0.3 is 9.80 Å². The van der Waals surface area contributed by atoms with Gasteiger partial charge >= 0.3 is 0 Å². The Morgan fingerprint density at radius 1 is 1.22 bits per heavy atom. The van der Waals surface area contributed by atoms with E-state index >= 15 is 0 Å². The van der Waals surface area contributed by atoms with Gasteiger partial charge in [0.05, 0.1) is 5.52 Å². The Morgan fingerprint density at radius 2 is 1.94 bits per heavy atom. The largest absolute Gasteiger partial charge is 0.335 e. The Kier molecular flexibility index (Phi) is 2.76. The summed E-state index contributed by atoms with van der Waals surface area (Å²) in [5.74, 6) is 0.0283. The number of hydrogen-bond donors (Lipinski definition) is 1. The number of aromatic amines is 1. The lowest BCUT2D eigenvalue weighted by atomic mass is 10.2. The number of nitrogens with one attached hydrogen (secondary N) is 1. The molecule has 94 valence electrons. The zero-order valence-electron chi connectivity index (χ0n) is 10.4. The van der Waals surface area contributed by atoms with Gasteiger partial charge in [0.15, 0.2) is 5.69 Å². The first kappa shape index (κ1) is 11.2. The van der Waals surface area contributed by atoms with Crippen LogP contribution in [0.5, 0.6) is 0 Å². The molecule has 1 aromatic heterocycles. The fraction of sp³-hybridized carbons (Fsp3) is 0.385. The van der Waals surface area contributed by atoms with E-state index in [4.69, 9.17) is 0 Å². The third-order valence-corrected chi connectivity index (χ3v) is 3.46. The van der Waals surface area contributed by atoms with E-state index in [1.807, 2.05) is 29.2 Å². The number of likely N-dealkylation sites (N-methyl/N-ethyl adjacent to an activating group) is 1.